The van der Waals surface area contributed by atoms with Crippen LogP contribution in [0.3, 0.4) is 0 Å². The fourth-order valence-electron chi connectivity index (χ4n) is 2.58. The van der Waals surface area contributed by atoms with Crippen molar-refractivity contribution in [2.75, 3.05) is 12.9 Å². The van der Waals surface area contributed by atoms with Gasteiger partial charge < -0.3 is 9.47 Å². The van der Waals surface area contributed by atoms with Gasteiger partial charge in [-0.05, 0) is 35.9 Å². The predicted octanol–water partition coefficient (Wildman–Crippen LogP) is 2.46. The minimum atomic E-state index is -3.23. The van der Waals surface area contributed by atoms with E-state index in [4.69, 9.17) is 9.47 Å². The van der Waals surface area contributed by atoms with E-state index in [1.807, 2.05) is 24.3 Å². The van der Waals surface area contributed by atoms with E-state index in [-0.39, 0.29) is 17.7 Å². The van der Waals surface area contributed by atoms with E-state index in [2.05, 4.69) is 10.1 Å². The molecule has 1 fully saturated rings. The molecule has 1 aromatic carbocycles. The lowest BCUT2D eigenvalue weighted by Gasteiger charge is -2.08. The van der Waals surface area contributed by atoms with E-state index in [0.717, 1.165) is 17.0 Å². The molecule has 0 spiro atoms. The van der Waals surface area contributed by atoms with Gasteiger partial charge in [0.05, 0.1) is 29.1 Å². The van der Waals surface area contributed by atoms with Crippen molar-refractivity contribution >= 4 is 9.84 Å². The molecule has 4 rings (SSSR count). The molecule has 1 saturated heterocycles. The predicted molar refractivity (Wildman–Crippen MR) is 94.3 cm³/mol. The number of rotatable bonds is 6. The van der Waals surface area contributed by atoms with Crippen molar-refractivity contribution in [2.45, 2.75) is 17.7 Å². The second kappa shape index (κ2) is 6.54. The Morgan fingerprint density at radius 2 is 2.12 bits per heavy atom. The Morgan fingerprint density at radius 1 is 1.27 bits per heavy atom. The van der Waals surface area contributed by atoms with Crippen molar-refractivity contribution in [2.24, 2.45) is 0 Å². The quantitative estimate of drug-likeness (QED) is 0.619. The summed E-state index contributed by atoms with van der Waals surface area (Å²) < 4.78 is 36.0. The molecule has 0 saturated carbocycles. The Hall–Kier alpha value is -2.71. The molecule has 0 aliphatic carbocycles. The first-order chi connectivity index (χ1) is 12.5. The Labute approximate surface area is 151 Å². The number of pyridine rings is 1. The molecule has 2 aromatic heterocycles. The molecule has 134 valence electrons. The number of ether oxygens (including phenoxy) is 2. The summed E-state index contributed by atoms with van der Waals surface area (Å²) >= 11 is 0. The van der Waals surface area contributed by atoms with Gasteiger partial charge in [0.2, 0.25) is 0 Å². The third-order valence-corrected chi connectivity index (χ3v) is 5.10. The third-order valence-electron chi connectivity index (χ3n) is 3.99. The zero-order valence-corrected chi connectivity index (χ0v) is 14.9. The summed E-state index contributed by atoms with van der Waals surface area (Å²) in [5.41, 5.74) is 2.45. The van der Waals surface area contributed by atoms with E-state index in [1.54, 1.807) is 35.3 Å². The van der Waals surface area contributed by atoms with Crippen LogP contribution in [0.1, 0.15) is 11.8 Å². The van der Waals surface area contributed by atoms with E-state index < -0.39 is 9.84 Å². The minimum Gasteiger partial charge on any atom is -0.487 e. The standard InChI is InChI=1S/C18H17N3O4S/c1-26(22,23)15-4-2-3-13(9-15)11-24-14-5-6-16(19-10-14)17-7-8-20-21(17)18-12-25-18/h2-10,18H,11-12H2,1H3. The highest BCUT2D eigenvalue weighted by atomic mass is 32.2. The highest BCUT2D eigenvalue weighted by Crippen LogP contribution is 2.29. The smallest absolute Gasteiger partial charge is 0.175 e. The molecule has 0 N–H and O–H groups in total. The second-order valence-electron chi connectivity index (χ2n) is 6.04. The van der Waals surface area contributed by atoms with Gasteiger partial charge in [0.25, 0.3) is 0 Å². The van der Waals surface area contributed by atoms with Gasteiger partial charge in [0.1, 0.15) is 12.4 Å². The molecule has 1 aliphatic rings. The molecule has 26 heavy (non-hydrogen) atoms. The number of aromatic nitrogens is 3. The number of nitrogens with zero attached hydrogens (tertiary/aromatic N) is 3. The van der Waals surface area contributed by atoms with Crippen LogP contribution < -0.4 is 4.74 Å². The van der Waals surface area contributed by atoms with Crippen molar-refractivity contribution in [3.05, 3.63) is 60.4 Å². The topological polar surface area (TPSA) is 86.6 Å². The normalized spacial score (nSPS) is 16.4. The molecule has 1 aliphatic heterocycles. The second-order valence-corrected chi connectivity index (χ2v) is 8.05. The average molecular weight is 371 g/mol. The van der Waals surface area contributed by atoms with Crippen LogP contribution in [0.5, 0.6) is 5.75 Å². The number of sulfone groups is 1. The summed E-state index contributed by atoms with van der Waals surface area (Å²) in [6.45, 7) is 0.931. The van der Waals surface area contributed by atoms with Crippen LogP contribution in [-0.2, 0) is 21.2 Å². The van der Waals surface area contributed by atoms with Crippen molar-refractivity contribution < 1.29 is 17.9 Å². The van der Waals surface area contributed by atoms with E-state index in [9.17, 15) is 8.42 Å². The van der Waals surface area contributed by atoms with Crippen molar-refractivity contribution in [1.29, 1.82) is 0 Å². The van der Waals surface area contributed by atoms with Gasteiger partial charge in [-0.15, -0.1) is 0 Å². The Bertz CT molecular complexity index is 1020. The first-order valence-corrected chi connectivity index (χ1v) is 9.93. The van der Waals surface area contributed by atoms with Crippen molar-refractivity contribution in [3.63, 3.8) is 0 Å². The van der Waals surface area contributed by atoms with Crippen molar-refractivity contribution in [3.8, 4) is 17.1 Å². The lowest BCUT2D eigenvalue weighted by molar-refractivity contribution is 0.304. The van der Waals surface area contributed by atoms with Gasteiger partial charge in [-0.25, -0.2) is 13.1 Å². The van der Waals surface area contributed by atoms with E-state index >= 15 is 0 Å². The van der Waals surface area contributed by atoms with Crippen LogP contribution >= 0.6 is 0 Å². The zero-order valence-electron chi connectivity index (χ0n) is 14.1. The number of hydrogen-bond donors (Lipinski definition) is 0. The number of hydrogen-bond acceptors (Lipinski definition) is 6. The van der Waals surface area contributed by atoms with Gasteiger partial charge in [0.15, 0.2) is 16.1 Å². The molecule has 1 unspecified atom stereocenters. The molecule has 0 amide bonds. The summed E-state index contributed by atoms with van der Waals surface area (Å²) in [7, 11) is -3.23. The highest BCUT2D eigenvalue weighted by molar-refractivity contribution is 7.90. The van der Waals surface area contributed by atoms with Crippen molar-refractivity contribution in [1.82, 2.24) is 14.8 Å². The lowest BCUT2D eigenvalue weighted by Crippen LogP contribution is -2.02. The zero-order chi connectivity index (χ0) is 18.1. The van der Waals surface area contributed by atoms with Gasteiger partial charge >= 0.3 is 0 Å². The Morgan fingerprint density at radius 3 is 2.81 bits per heavy atom. The molecule has 3 heterocycles. The molecule has 7 nitrogen and oxygen atoms in total. The molecule has 1 atom stereocenters. The van der Waals surface area contributed by atoms with Crippen LogP contribution in [0.25, 0.3) is 11.4 Å². The Balaban J connectivity index is 1.46. The molecular weight excluding hydrogens is 354 g/mol. The fourth-order valence-corrected chi connectivity index (χ4v) is 3.27. The number of epoxide rings is 1. The van der Waals surface area contributed by atoms with Gasteiger partial charge in [-0.1, -0.05) is 12.1 Å². The third kappa shape index (κ3) is 3.61. The van der Waals surface area contributed by atoms with Crippen LogP contribution in [-0.4, -0.2) is 36.0 Å². The van der Waals surface area contributed by atoms with E-state index in [1.165, 1.54) is 6.26 Å². The fraction of sp³-hybridized carbons (Fsp3) is 0.222. The monoisotopic (exact) mass is 371 g/mol. The molecule has 0 bridgehead atoms. The first-order valence-electron chi connectivity index (χ1n) is 8.04. The van der Waals surface area contributed by atoms with Gasteiger partial charge in [-0.3, -0.25) is 4.98 Å². The van der Waals surface area contributed by atoms with Gasteiger partial charge in [0, 0.05) is 12.5 Å². The van der Waals surface area contributed by atoms with Crippen LogP contribution in [0.4, 0.5) is 0 Å². The van der Waals surface area contributed by atoms with E-state index in [0.29, 0.717) is 12.4 Å². The number of benzene rings is 1. The maximum Gasteiger partial charge on any atom is 0.175 e. The van der Waals surface area contributed by atoms with Gasteiger partial charge in [-0.2, -0.15) is 5.10 Å². The maximum absolute atomic E-state index is 11.6. The summed E-state index contributed by atoms with van der Waals surface area (Å²) in [5.74, 6) is 0.604. The maximum atomic E-state index is 11.6. The summed E-state index contributed by atoms with van der Waals surface area (Å²) in [4.78, 5) is 4.70. The summed E-state index contributed by atoms with van der Waals surface area (Å²) in [6.07, 6.45) is 4.55. The van der Waals surface area contributed by atoms with Crippen LogP contribution in [0.2, 0.25) is 0 Å². The summed E-state index contributed by atoms with van der Waals surface area (Å²) in [6, 6.07) is 12.3. The molecule has 0 radical (unpaired) electrons. The minimum absolute atomic E-state index is 0.000141. The summed E-state index contributed by atoms with van der Waals surface area (Å²) in [5, 5.41) is 4.25. The largest absolute Gasteiger partial charge is 0.487 e. The molecule has 8 heteroatoms. The molecule has 3 aromatic rings. The van der Waals surface area contributed by atoms with Crippen LogP contribution in [0, 0.1) is 0 Å². The first kappa shape index (κ1) is 16.7. The Kier molecular flexibility index (Phi) is 4.21. The van der Waals surface area contributed by atoms with Crippen LogP contribution in [0.15, 0.2) is 59.8 Å². The highest BCUT2D eigenvalue weighted by Gasteiger charge is 2.28. The average Bonchev–Trinajstić information content (AvgIpc) is 3.37. The lowest BCUT2D eigenvalue weighted by atomic mass is 10.2. The molecular formula is C18H17N3O4S. The SMILES string of the molecule is CS(=O)(=O)c1cccc(COc2ccc(-c3ccnn3C3CO3)nc2)c1.